The van der Waals surface area contributed by atoms with Gasteiger partial charge in [-0.2, -0.15) is 0 Å². The van der Waals surface area contributed by atoms with Crippen molar-refractivity contribution in [1.82, 2.24) is 9.47 Å². The Morgan fingerprint density at radius 3 is 2.07 bits per heavy atom. The van der Waals surface area contributed by atoms with Crippen LogP contribution in [0, 0.1) is 0 Å². The molecule has 0 atom stereocenters. The van der Waals surface area contributed by atoms with Crippen molar-refractivity contribution in [1.29, 1.82) is 0 Å². The van der Waals surface area contributed by atoms with Gasteiger partial charge in [0.2, 0.25) is 0 Å². The van der Waals surface area contributed by atoms with Crippen LogP contribution in [0.25, 0.3) is 0 Å². The maximum Gasteiger partial charge on any atom is 0.311 e. The molecular weight excluding hydrogens is 192 g/mol. The molecule has 4 heteroatoms. The highest BCUT2D eigenvalue weighted by Gasteiger charge is 2.26. The van der Waals surface area contributed by atoms with E-state index in [0.29, 0.717) is 0 Å². The smallest absolute Gasteiger partial charge is 0.311 e. The average Bonchev–Trinajstić information content (AvgIpc) is 2.10. The van der Waals surface area contributed by atoms with E-state index < -0.39 is 8.24 Å². The van der Waals surface area contributed by atoms with Crippen molar-refractivity contribution >= 4 is 14.3 Å². The van der Waals surface area contributed by atoms with E-state index in [2.05, 4.69) is 26.6 Å². The zero-order chi connectivity index (χ0) is 11.4. The van der Waals surface area contributed by atoms with E-state index in [9.17, 15) is 4.79 Å². The molecule has 0 N–H and O–H groups in total. The lowest BCUT2D eigenvalue weighted by Gasteiger charge is -2.33. The zero-order valence-electron chi connectivity index (χ0n) is 10.4. The van der Waals surface area contributed by atoms with Gasteiger partial charge in [-0.25, -0.2) is 4.79 Å². The second kappa shape index (κ2) is 5.39. The van der Waals surface area contributed by atoms with Gasteiger partial charge in [-0.05, 0) is 6.42 Å². The number of rotatable bonds is 4. The number of amides is 2. The topological polar surface area (TPSA) is 23.6 Å². The second-order valence-corrected chi connectivity index (χ2v) is 9.80. The molecule has 0 heterocycles. The summed E-state index contributed by atoms with van der Waals surface area (Å²) in [5.41, 5.74) is 0. The van der Waals surface area contributed by atoms with Crippen molar-refractivity contribution in [2.45, 2.75) is 39.4 Å². The van der Waals surface area contributed by atoms with Gasteiger partial charge >= 0.3 is 6.03 Å². The van der Waals surface area contributed by atoms with Crippen LogP contribution in [0.1, 0.15) is 19.8 Å². The van der Waals surface area contributed by atoms with Gasteiger partial charge in [0.05, 0.1) is 0 Å². The normalized spacial score (nSPS) is 11.3. The van der Waals surface area contributed by atoms with Crippen LogP contribution in [0.4, 0.5) is 4.79 Å². The molecule has 84 valence electrons. The van der Waals surface area contributed by atoms with Gasteiger partial charge in [-0.3, -0.25) is 0 Å². The minimum absolute atomic E-state index is 0.164. The van der Waals surface area contributed by atoms with Crippen molar-refractivity contribution in [2.24, 2.45) is 0 Å². The largest absolute Gasteiger partial charge is 0.355 e. The lowest BCUT2D eigenvalue weighted by Crippen LogP contribution is -2.51. The average molecular weight is 216 g/mol. The molecule has 0 fully saturated rings. The van der Waals surface area contributed by atoms with Crippen LogP contribution in [0.3, 0.4) is 0 Å². The number of carbonyl (C=O) groups is 1. The van der Waals surface area contributed by atoms with E-state index in [1.54, 1.807) is 0 Å². The van der Waals surface area contributed by atoms with Crippen LogP contribution in [-0.4, -0.2) is 44.4 Å². The van der Waals surface area contributed by atoms with Crippen LogP contribution >= 0.6 is 0 Å². The first-order valence-electron chi connectivity index (χ1n) is 5.29. The van der Waals surface area contributed by atoms with E-state index in [-0.39, 0.29) is 6.03 Å². The first kappa shape index (κ1) is 13.5. The van der Waals surface area contributed by atoms with Crippen molar-refractivity contribution in [3.63, 3.8) is 0 Å². The highest BCUT2D eigenvalue weighted by molar-refractivity contribution is 6.75. The predicted molar refractivity (Wildman–Crippen MR) is 64.0 cm³/mol. The zero-order valence-corrected chi connectivity index (χ0v) is 11.4. The molecule has 14 heavy (non-hydrogen) atoms. The Kier molecular flexibility index (Phi) is 5.19. The van der Waals surface area contributed by atoms with Crippen LogP contribution in [0.5, 0.6) is 0 Å². The van der Waals surface area contributed by atoms with E-state index in [1.807, 2.05) is 23.6 Å². The highest BCUT2D eigenvalue weighted by Crippen LogP contribution is 2.09. The number of unbranched alkanes of at least 4 members (excludes halogenated alkanes) is 1. The minimum atomic E-state index is -1.48. The van der Waals surface area contributed by atoms with Gasteiger partial charge in [-0.15, -0.1) is 0 Å². The molecule has 3 nitrogen and oxygen atoms in total. The van der Waals surface area contributed by atoms with Gasteiger partial charge in [0.25, 0.3) is 0 Å². The first-order valence-corrected chi connectivity index (χ1v) is 8.74. The van der Waals surface area contributed by atoms with Crippen LogP contribution in [0.2, 0.25) is 19.6 Å². The Morgan fingerprint density at radius 2 is 1.71 bits per heavy atom. The van der Waals surface area contributed by atoms with E-state index in [1.165, 1.54) is 0 Å². The highest BCUT2D eigenvalue weighted by atomic mass is 28.3. The number of nitrogens with zero attached hydrogens (tertiary/aromatic N) is 2. The fraction of sp³-hybridized carbons (Fsp3) is 0.900. The van der Waals surface area contributed by atoms with E-state index >= 15 is 0 Å². The predicted octanol–water partition coefficient (Wildman–Crippen LogP) is 2.61. The van der Waals surface area contributed by atoms with Crippen molar-refractivity contribution in [3.05, 3.63) is 0 Å². The van der Waals surface area contributed by atoms with Gasteiger partial charge in [-0.1, -0.05) is 33.0 Å². The summed E-state index contributed by atoms with van der Waals surface area (Å²) in [6, 6.07) is 0.164. The van der Waals surface area contributed by atoms with Crippen LogP contribution < -0.4 is 0 Å². The molecule has 0 saturated carbocycles. The van der Waals surface area contributed by atoms with Gasteiger partial charge < -0.3 is 9.47 Å². The Morgan fingerprint density at radius 1 is 1.21 bits per heavy atom. The van der Waals surface area contributed by atoms with Crippen molar-refractivity contribution in [2.75, 3.05) is 20.6 Å². The molecule has 0 unspecified atom stereocenters. The maximum atomic E-state index is 11.9. The van der Waals surface area contributed by atoms with Crippen molar-refractivity contribution in [3.8, 4) is 0 Å². The monoisotopic (exact) mass is 216 g/mol. The molecule has 0 bridgehead atoms. The number of urea groups is 1. The summed E-state index contributed by atoms with van der Waals surface area (Å²) in [5.74, 6) is 0. The molecule has 0 aliphatic carbocycles. The minimum Gasteiger partial charge on any atom is -0.355 e. The number of carbonyl (C=O) groups excluding carboxylic acids is 1. The third-order valence-electron chi connectivity index (χ3n) is 2.47. The molecule has 0 spiro atoms. The van der Waals surface area contributed by atoms with Crippen LogP contribution in [-0.2, 0) is 0 Å². The Hall–Kier alpha value is -0.513. The van der Waals surface area contributed by atoms with Gasteiger partial charge in [0.1, 0.15) is 0 Å². The molecule has 0 rings (SSSR count). The SMILES string of the molecule is CCCCN(C)C(=O)N(C)[Si](C)(C)C. The molecule has 0 aliphatic heterocycles. The van der Waals surface area contributed by atoms with E-state index in [4.69, 9.17) is 0 Å². The molecule has 0 radical (unpaired) electrons. The fourth-order valence-corrected chi connectivity index (χ4v) is 1.78. The third kappa shape index (κ3) is 4.13. The molecule has 0 aromatic carbocycles. The first-order chi connectivity index (χ1) is 6.30. The summed E-state index contributed by atoms with van der Waals surface area (Å²) in [6.45, 7) is 9.54. The Balaban J connectivity index is 4.18. The van der Waals surface area contributed by atoms with Crippen LogP contribution in [0.15, 0.2) is 0 Å². The molecule has 0 saturated heterocycles. The van der Waals surface area contributed by atoms with Crippen molar-refractivity contribution < 1.29 is 4.79 Å². The Labute approximate surface area is 89.2 Å². The summed E-state index contributed by atoms with van der Waals surface area (Å²) in [7, 11) is 2.31. The molecule has 0 aromatic rings. The number of hydrogen-bond acceptors (Lipinski definition) is 1. The summed E-state index contributed by atoms with van der Waals surface area (Å²) in [5, 5.41) is 0. The van der Waals surface area contributed by atoms with Gasteiger partial charge in [0, 0.05) is 20.6 Å². The lowest BCUT2D eigenvalue weighted by atomic mass is 10.3. The third-order valence-corrected chi connectivity index (χ3v) is 4.67. The fourth-order valence-electron chi connectivity index (χ4n) is 1.03. The maximum absolute atomic E-state index is 11.9. The van der Waals surface area contributed by atoms with Gasteiger partial charge in [0.15, 0.2) is 8.24 Å². The quantitative estimate of drug-likeness (QED) is 0.663. The summed E-state index contributed by atoms with van der Waals surface area (Å²) in [4.78, 5) is 13.7. The Bertz CT molecular complexity index is 189. The summed E-state index contributed by atoms with van der Waals surface area (Å²) < 4.78 is 1.92. The van der Waals surface area contributed by atoms with E-state index in [0.717, 1.165) is 19.4 Å². The molecule has 0 aliphatic rings. The lowest BCUT2D eigenvalue weighted by molar-refractivity contribution is 0.192. The number of hydrogen-bond donors (Lipinski definition) is 0. The second-order valence-electron chi connectivity index (χ2n) is 4.79. The summed E-state index contributed by atoms with van der Waals surface area (Å²) >= 11 is 0. The molecule has 2 amide bonds. The standard InChI is InChI=1S/C10H24N2OSi/c1-7-8-9-11(2)10(13)12(3)14(4,5)6/h7-9H2,1-6H3. The molecule has 0 aromatic heterocycles. The molecular formula is C10H24N2OSi. The summed E-state index contributed by atoms with van der Waals surface area (Å²) in [6.07, 6.45) is 2.22.